The molecule has 0 radical (unpaired) electrons. The van der Waals surface area contributed by atoms with E-state index >= 15 is 0 Å². The van der Waals surface area contributed by atoms with Gasteiger partial charge in [-0.25, -0.2) is 0 Å². The Labute approximate surface area is 104 Å². The second kappa shape index (κ2) is 5.86. The summed E-state index contributed by atoms with van der Waals surface area (Å²) in [5.74, 6) is 0.238. The number of anilines is 2. The van der Waals surface area contributed by atoms with Crippen LogP contribution in [0.15, 0.2) is 42.5 Å². The van der Waals surface area contributed by atoms with Gasteiger partial charge in [0.05, 0.1) is 5.02 Å². The molecule has 0 amide bonds. The molecule has 0 bridgehead atoms. The molecule has 0 unspecified atom stereocenters. The first-order valence-electron chi connectivity index (χ1n) is 4.77. The Morgan fingerprint density at radius 3 is 1.94 bits per heavy atom. The molecule has 17 heavy (non-hydrogen) atoms. The van der Waals surface area contributed by atoms with E-state index in [1.807, 2.05) is 0 Å². The minimum absolute atomic E-state index is 0.0247. The van der Waals surface area contributed by atoms with Gasteiger partial charge < -0.3 is 21.7 Å². The minimum atomic E-state index is 0.0247. The van der Waals surface area contributed by atoms with Crippen molar-refractivity contribution in [1.82, 2.24) is 0 Å². The fourth-order valence-corrected chi connectivity index (χ4v) is 1.17. The van der Waals surface area contributed by atoms with E-state index in [2.05, 4.69) is 0 Å². The highest BCUT2D eigenvalue weighted by molar-refractivity contribution is 6.32. The van der Waals surface area contributed by atoms with Crippen LogP contribution < -0.4 is 11.5 Å². The van der Waals surface area contributed by atoms with Gasteiger partial charge >= 0.3 is 0 Å². The SMILES string of the molecule is Nc1ccc(Cl)c(O)c1.Nc1cccc(O)c1. The molecule has 0 aromatic heterocycles. The number of hydrogen-bond donors (Lipinski definition) is 4. The fraction of sp³-hybridized carbons (Fsp3) is 0. The minimum Gasteiger partial charge on any atom is -0.508 e. The molecule has 2 rings (SSSR count). The second-order valence-electron chi connectivity index (χ2n) is 3.31. The lowest BCUT2D eigenvalue weighted by Gasteiger charge is -1.95. The Morgan fingerprint density at radius 2 is 1.53 bits per heavy atom. The molecule has 90 valence electrons. The van der Waals surface area contributed by atoms with Gasteiger partial charge in [0.1, 0.15) is 11.5 Å². The van der Waals surface area contributed by atoms with E-state index in [1.54, 1.807) is 30.3 Å². The first-order valence-corrected chi connectivity index (χ1v) is 5.15. The van der Waals surface area contributed by atoms with E-state index in [1.165, 1.54) is 12.1 Å². The van der Waals surface area contributed by atoms with Crippen molar-refractivity contribution in [3.8, 4) is 11.5 Å². The topological polar surface area (TPSA) is 92.5 Å². The maximum atomic E-state index is 8.89. The fourth-order valence-electron chi connectivity index (χ4n) is 1.05. The average molecular weight is 253 g/mol. The summed E-state index contributed by atoms with van der Waals surface area (Å²) in [7, 11) is 0. The lowest BCUT2D eigenvalue weighted by molar-refractivity contribution is 0.475. The zero-order valence-corrected chi connectivity index (χ0v) is 9.72. The average Bonchev–Trinajstić information content (AvgIpc) is 2.24. The van der Waals surface area contributed by atoms with Gasteiger partial charge in [0, 0.05) is 23.5 Å². The molecule has 0 aliphatic carbocycles. The van der Waals surface area contributed by atoms with E-state index in [0.29, 0.717) is 16.4 Å². The molecule has 6 N–H and O–H groups in total. The third-order valence-electron chi connectivity index (χ3n) is 1.84. The van der Waals surface area contributed by atoms with Gasteiger partial charge in [-0.1, -0.05) is 17.7 Å². The maximum Gasteiger partial charge on any atom is 0.136 e. The van der Waals surface area contributed by atoms with Crippen LogP contribution in [0.2, 0.25) is 5.02 Å². The Balaban J connectivity index is 0.000000171. The molecule has 0 aliphatic rings. The Bertz CT molecular complexity index is 486. The van der Waals surface area contributed by atoms with E-state index in [4.69, 9.17) is 33.3 Å². The van der Waals surface area contributed by atoms with Crippen molar-refractivity contribution < 1.29 is 10.2 Å². The maximum absolute atomic E-state index is 8.89. The molecule has 0 aliphatic heterocycles. The molecule has 5 heteroatoms. The number of aromatic hydroxyl groups is 2. The van der Waals surface area contributed by atoms with Gasteiger partial charge in [-0.05, 0) is 24.3 Å². The van der Waals surface area contributed by atoms with Gasteiger partial charge in [-0.15, -0.1) is 0 Å². The zero-order valence-electron chi connectivity index (χ0n) is 8.97. The summed E-state index contributed by atoms with van der Waals surface area (Å²) in [5.41, 5.74) is 11.7. The molecule has 0 heterocycles. The lowest BCUT2D eigenvalue weighted by atomic mass is 10.3. The van der Waals surface area contributed by atoms with Gasteiger partial charge in [-0.2, -0.15) is 0 Å². The summed E-state index contributed by atoms with van der Waals surface area (Å²) >= 11 is 5.48. The van der Waals surface area contributed by atoms with Crippen LogP contribution in [0.3, 0.4) is 0 Å². The van der Waals surface area contributed by atoms with E-state index in [0.717, 1.165) is 0 Å². The zero-order chi connectivity index (χ0) is 12.8. The summed E-state index contributed by atoms with van der Waals surface area (Å²) < 4.78 is 0. The summed E-state index contributed by atoms with van der Waals surface area (Å²) in [4.78, 5) is 0. The highest BCUT2D eigenvalue weighted by Gasteiger charge is 1.94. The van der Waals surface area contributed by atoms with Crippen LogP contribution in [0.5, 0.6) is 11.5 Å². The number of phenolic OH excluding ortho intramolecular Hbond substituents is 2. The van der Waals surface area contributed by atoms with Crippen molar-refractivity contribution >= 4 is 23.0 Å². The van der Waals surface area contributed by atoms with Crippen LogP contribution in [-0.4, -0.2) is 10.2 Å². The molecule has 2 aromatic rings. The standard InChI is InChI=1S/C6H6ClNO.C6H7NO/c7-5-2-1-4(8)3-6(5)9;7-5-2-1-3-6(8)4-5/h1-3,9H,8H2;1-4,8H,7H2. The molecule has 0 fully saturated rings. The molecule has 0 saturated carbocycles. The number of phenols is 2. The number of nitrogen functional groups attached to an aromatic ring is 2. The lowest BCUT2D eigenvalue weighted by Crippen LogP contribution is -1.81. The third kappa shape index (κ3) is 4.53. The predicted molar refractivity (Wildman–Crippen MR) is 70.0 cm³/mol. The number of benzene rings is 2. The summed E-state index contributed by atoms with van der Waals surface area (Å²) in [5, 5.41) is 17.9. The smallest absolute Gasteiger partial charge is 0.136 e. The summed E-state index contributed by atoms with van der Waals surface area (Å²) in [6.07, 6.45) is 0. The van der Waals surface area contributed by atoms with Crippen LogP contribution in [0.25, 0.3) is 0 Å². The van der Waals surface area contributed by atoms with E-state index in [9.17, 15) is 0 Å². The van der Waals surface area contributed by atoms with Crippen molar-refractivity contribution in [2.24, 2.45) is 0 Å². The first-order chi connectivity index (χ1) is 7.99. The molecule has 4 nitrogen and oxygen atoms in total. The quantitative estimate of drug-likeness (QED) is 0.542. The molecular formula is C12H13ClN2O2. The van der Waals surface area contributed by atoms with Crippen LogP contribution in [0.4, 0.5) is 11.4 Å². The van der Waals surface area contributed by atoms with E-state index < -0.39 is 0 Å². The van der Waals surface area contributed by atoms with Crippen LogP contribution in [0, 0.1) is 0 Å². The van der Waals surface area contributed by atoms with E-state index in [-0.39, 0.29) is 11.5 Å². The normalized spacial score (nSPS) is 9.24. The number of hydrogen-bond acceptors (Lipinski definition) is 4. The van der Waals surface area contributed by atoms with Gasteiger partial charge in [0.15, 0.2) is 0 Å². The number of rotatable bonds is 0. The van der Waals surface area contributed by atoms with Crippen molar-refractivity contribution in [3.63, 3.8) is 0 Å². The molecular weight excluding hydrogens is 240 g/mol. The molecule has 0 saturated heterocycles. The molecule has 0 atom stereocenters. The third-order valence-corrected chi connectivity index (χ3v) is 2.16. The van der Waals surface area contributed by atoms with Gasteiger partial charge in [0.2, 0.25) is 0 Å². The largest absolute Gasteiger partial charge is 0.508 e. The summed E-state index contributed by atoms with van der Waals surface area (Å²) in [6.45, 7) is 0. The highest BCUT2D eigenvalue weighted by atomic mass is 35.5. The Hall–Kier alpha value is -2.07. The number of nitrogens with two attached hydrogens (primary N) is 2. The predicted octanol–water partition coefficient (Wildman–Crippen LogP) is 2.60. The van der Waals surface area contributed by atoms with Crippen LogP contribution in [-0.2, 0) is 0 Å². The van der Waals surface area contributed by atoms with Crippen molar-refractivity contribution in [2.75, 3.05) is 11.5 Å². The second-order valence-corrected chi connectivity index (χ2v) is 3.71. The van der Waals surface area contributed by atoms with Crippen molar-refractivity contribution in [2.45, 2.75) is 0 Å². The summed E-state index contributed by atoms with van der Waals surface area (Å²) in [6, 6.07) is 11.1. The number of halogens is 1. The van der Waals surface area contributed by atoms with Crippen LogP contribution >= 0.6 is 11.6 Å². The Morgan fingerprint density at radius 1 is 0.882 bits per heavy atom. The molecule has 0 spiro atoms. The monoisotopic (exact) mass is 252 g/mol. The van der Waals surface area contributed by atoms with Crippen molar-refractivity contribution in [1.29, 1.82) is 0 Å². The highest BCUT2D eigenvalue weighted by Crippen LogP contribution is 2.24. The van der Waals surface area contributed by atoms with Crippen LogP contribution in [0.1, 0.15) is 0 Å². The Kier molecular flexibility index (Phi) is 4.48. The van der Waals surface area contributed by atoms with Gasteiger partial charge in [-0.3, -0.25) is 0 Å². The van der Waals surface area contributed by atoms with Crippen molar-refractivity contribution in [3.05, 3.63) is 47.5 Å². The first kappa shape index (κ1) is 13.0. The molecule has 2 aromatic carbocycles. The van der Waals surface area contributed by atoms with Gasteiger partial charge in [0.25, 0.3) is 0 Å².